The summed E-state index contributed by atoms with van der Waals surface area (Å²) in [7, 11) is 1.55. The Morgan fingerprint density at radius 2 is 1.72 bits per heavy atom. The second-order valence-electron chi connectivity index (χ2n) is 6.61. The number of anilines is 1. The smallest absolute Gasteiger partial charge is 0.313 e. The number of nitrogens with one attached hydrogen (secondary N) is 2. The second kappa shape index (κ2) is 9.99. The van der Waals surface area contributed by atoms with Gasteiger partial charge in [0.1, 0.15) is 11.6 Å². The van der Waals surface area contributed by atoms with Gasteiger partial charge in [0.05, 0.1) is 26.4 Å². The molecule has 1 fully saturated rings. The van der Waals surface area contributed by atoms with E-state index < -0.39 is 11.8 Å². The maximum atomic E-state index is 13.3. The molecule has 2 aromatic carbocycles. The van der Waals surface area contributed by atoms with E-state index in [1.54, 1.807) is 43.5 Å². The average Bonchev–Trinajstić information content (AvgIpc) is 2.76. The Bertz CT molecular complexity index is 821. The van der Waals surface area contributed by atoms with Crippen molar-refractivity contribution in [1.82, 2.24) is 10.2 Å². The van der Waals surface area contributed by atoms with Crippen LogP contribution in [0, 0.1) is 5.82 Å². The molecule has 0 spiro atoms. The molecule has 2 aromatic rings. The van der Waals surface area contributed by atoms with Gasteiger partial charge in [0.25, 0.3) is 0 Å². The van der Waals surface area contributed by atoms with Crippen molar-refractivity contribution in [3.8, 4) is 5.75 Å². The molecule has 0 aromatic heterocycles. The lowest BCUT2D eigenvalue weighted by Crippen LogP contribution is -2.45. The Labute approximate surface area is 168 Å². The Kier molecular flexibility index (Phi) is 7.15. The number of carbonyl (C=O) groups is 2. The molecule has 1 unspecified atom stereocenters. The molecule has 0 saturated carbocycles. The summed E-state index contributed by atoms with van der Waals surface area (Å²) < 4.78 is 23.8. The van der Waals surface area contributed by atoms with Gasteiger partial charge in [-0.25, -0.2) is 4.39 Å². The molecule has 0 bridgehead atoms. The van der Waals surface area contributed by atoms with Gasteiger partial charge in [-0.15, -0.1) is 0 Å². The van der Waals surface area contributed by atoms with Gasteiger partial charge in [-0.3, -0.25) is 14.5 Å². The van der Waals surface area contributed by atoms with E-state index in [9.17, 15) is 14.0 Å². The average molecular weight is 401 g/mol. The largest absolute Gasteiger partial charge is 0.497 e. The lowest BCUT2D eigenvalue weighted by atomic mass is 10.0. The fraction of sp³-hybridized carbons (Fsp3) is 0.333. The summed E-state index contributed by atoms with van der Waals surface area (Å²) in [6.45, 7) is 2.78. The van der Waals surface area contributed by atoms with Crippen molar-refractivity contribution < 1.29 is 23.5 Å². The molecular weight excluding hydrogens is 377 g/mol. The third-order valence-corrected chi connectivity index (χ3v) is 4.75. The van der Waals surface area contributed by atoms with Gasteiger partial charge in [-0.1, -0.05) is 12.1 Å². The lowest BCUT2D eigenvalue weighted by molar-refractivity contribution is -0.136. The molecule has 1 saturated heterocycles. The molecule has 2 N–H and O–H groups in total. The van der Waals surface area contributed by atoms with Crippen molar-refractivity contribution in [2.75, 3.05) is 45.3 Å². The molecule has 8 heteroatoms. The first-order chi connectivity index (χ1) is 14.1. The monoisotopic (exact) mass is 401 g/mol. The summed E-state index contributed by atoms with van der Waals surface area (Å²) in [5.41, 5.74) is 1.36. The third kappa shape index (κ3) is 5.75. The van der Waals surface area contributed by atoms with Crippen molar-refractivity contribution in [3.05, 3.63) is 59.9 Å². The van der Waals surface area contributed by atoms with Crippen LogP contribution in [0.25, 0.3) is 0 Å². The molecule has 154 valence electrons. The second-order valence-corrected chi connectivity index (χ2v) is 6.61. The standard InChI is InChI=1S/C21H24FN3O4/c1-28-18-8-6-17(7-9-18)24-21(27)20(26)23-14-19(25-10-12-29-13-11-25)15-2-4-16(22)5-3-15/h2-9,19H,10-14H2,1H3,(H,23,26)(H,24,27). The number of carbonyl (C=O) groups excluding carboxylic acids is 2. The van der Waals surface area contributed by atoms with Gasteiger partial charge in [0.15, 0.2) is 0 Å². The minimum atomic E-state index is -0.755. The molecule has 3 rings (SSSR count). The van der Waals surface area contributed by atoms with Crippen LogP contribution in [0.4, 0.5) is 10.1 Å². The number of benzene rings is 2. The fourth-order valence-electron chi connectivity index (χ4n) is 3.16. The maximum absolute atomic E-state index is 13.3. The predicted octanol–water partition coefficient (Wildman–Crippen LogP) is 1.96. The highest BCUT2D eigenvalue weighted by molar-refractivity contribution is 6.39. The summed E-state index contributed by atoms with van der Waals surface area (Å²) >= 11 is 0. The van der Waals surface area contributed by atoms with Gasteiger partial charge in [-0.2, -0.15) is 0 Å². The van der Waals surface area contributed by atoms with Crippen molar-refractivity contribution in [2.45, 2.75) is 6.04 Å². The van der Waals surface area contributed by atoms with Crippen LogP contribution < -0.4 is 15.4 Å². The molecule has 0 aliphatic carbocycles. The van der Waals surface area contributed by atoms with Gasteiger partial charge in [0, 0.05) is 25.3 Å². The van der Waals surface area contributed by atoms with E-state index in [1.807, 2.05) is 0 Å². The Balaban J connectivity index is 1.61. The summed E-state index contributed by atoms with van der Waals surface area (Å²) in [4.78, 5) is 26.6. The third-order valence-electron chi connectivity index (χ3n) is 4.75. The highest BCUT2D eigenvalue weighted by atomic mass is 19.1. The molecule has 1 aliphatic heterocycles. The zero-order chi connectivity index (χ0) is 20.6. The SMILES string of the molecule is COc1ccc(NC(=O)C(=O)NCC(c2ccc(F)cc2)N2CCOCC2)cc1. The minimum absolute atomic E-state index is 0.183. The molecular formula is C21H24FN3O4. The fourth-order valence-corrected chi connectivity index (χ4v) is 3.16. The van der Waals surface area contributed by atoms with Crippen LogP contribution in [0.3, 0.4) is 0 Å². The molecule has 1 aliphatic rings. The zero-order valence-corrected chi connectivity index (χ0v) is 16.2. The molecule has 7 nitrogen and oxygen atoms in total. The van der Waals surface area contributed by atoms with Crippen molar-refractivity contribution in [3.63, 3.8) is 0 Å². The number of nitrogens with zero attached hydrogens (tertiary/aromatic N) is 1. The molecule has 1 heterocycles. The Hall–Kier alpha value is -2.97. The first-order valence-electron chi connectivity index (χ1n) is 9.37. The van der Waals surface area contributed by atoms with E-state index in [2.05, 4.69) is 15.5 Å². The van der Waals surface area contributed by atoms with E-state index in [1.165, 1.54) is 12.1 Å². The molecule has 0 radical (unpaired) electrons. The number of ether oxygens (including phenoxy) is 2. The van der Waals surface area contributed by atoms with E-state index in [-0.39, 0.29) is 18.4 Å². The number of methoxy groups -OCH3 is 1. The van der Waals surface area contributed by atoms with Gasteiger partial charge >= 0.3 is 11.8 Å². The number of morpholine rings is 1. The van der Waals surface area contributed by atoms with E-state index in [0.29, 0.717) is 37.7 Å². The summed E-state index contributed by atoms with van der Waals surface area (Å²) in [5.74, 6) is -1.16. The summed E-state index contributed by atoms with van der Waals surface area (Å²) in [5, 5.41) is 5.24. The topological polar surface area (TPSA) is 79.9 Å². The normalized spacial score (nSPS) is 15.4. The number of halogens is 1. The van der Waals surface area contributed by atoms with Crippen LogP contribution in [0.2, 0.25) is 0 Å². The summed E-state index contributed by atoms with van der Waals surface area (Å²) in [6.07, 6.45) is 0. The number of hydrogen-bond acceptors (Lipinski definition) is 5. The number of rotatable bonds is 6. The highest BCUT2D eigenvalue weighted by Gasteiger charge is 2.24. The van der Waals surface area contributed by atoms with Crippen LogP contribution in [0.5, 0.6) is 5.75 Å². The Morgan fingerprint density at radius 1 is 1.07 bits per heavy atom. The first-order valence-corrected chi connectivity index (χ1v) is 9.37. The summed E-state index contributed by atoms with van der Waals surface area (Å²) in [6, 6.07) is 12.7. The minimum Gasteiger partial charge on any atom is -0.497 e. The van der Waals surface area contributed by atoms with Crippen LogP contribution in [0.1, 0.15) is 11.6 Å². The van der Waals surface area contributed by atoms with E-state index in [4.69, 9.17) is 9.47 Å². The van der Waals surface area contributed by atoms with Crippen molar-refractivity contribution >= 4 is 17.5 Å². The van der Waals surface area contributed by atoms with Crippen molar-refractivity contribution in [2.24, 2.45) is 0 Å². The number of amides is 2. The Morgan fingerprint density at radius 3 is 2.34 bits per heavy atom. The lowest BCUT2D eigenvalue weighted by Gasteiger charge is -2.34. The molecule has 29 heavy (non-hydrogen) atoms. The first kappa shape index (κ1) is 20.8. The van der Waals surface area contributed by atoms with Crippen LogP contribution in [-0.2, 0) is 14.3 Å². The van der Waals surface area contributed by atoms with E-state index in [0.717, 1.165) is 5.56 Å². The highest BCUT2D eigenvalue weighted by Crippen LogP contribution is 2.22. The zero-order valence-electron chi connectivity index (χ0n) is 16.2. The van der Waals surface area contributed by atoms with Crippen molar-refractivity contribution in [1.29, 1.82) is 0 Å². The van der Waals surface area contributed by atoms with Crippen LogP contribution in [-0.4, -0.2) is 56.7 Å². The van der Waals surface area contributed by atoms with Gasteiger partial charge in [0.2, 0.25) is 0 Å². The van der Waals surface area contributed by atoms with Crippen LogP contribution in [0.15, 0.2) is 48.5 Å². The van der Waals surface area contributed by atoms with Crippen LogP contribution >= 0.6 is 0 Å². The van der Waals surface area contributed by atoms with E-state index >= 15 is 0 Å². The molecule has 1 atom stereocenters. The van der Waals surface area contributed by atoms with Gasteiger partial charge < -0.3 is 20.1 Å². The number of hydrogen-bond donors (Lipinski definition) is 2. The van der Waals surface area contributed by atoms with Gasteiger partial charge in [-0.05, 0) is 42.0 Å². The molecule has 2 amide bonds. The quantitative estimate of drug-likeness (QED) is 0.724. The predicted molar refractivity (Wildman–Crippen MR) is 106 cm³/mol. The maximum Gasteiger partial charge on any atom is 0.313 e.